The van der Waals surface area contributed by atoms with Crippen LogP contribution in [-0.2, 0) is 0 Å². The van der Waals surface area contributed by atoms with E-state index >= 15 is 0 Å². The molecule has 2 heterocycles. The van der Waals surface area contributed by atoms with Crippen molar-refractivity contribution in [1.29, 1.82) is 0 Å². The summed E-state index contributed by atoms with van der Waals surface area (Å²) >= 11 is 1.86. The number of fused-ring (bicyclic) bond motifs is 8. The molecule has 0 saturated carbocycles. The van der Waals surface area contributed by atoms with Crippen LogP contribution in [0.25, 0.3) is 69.6 Å². The first-order valence-electron chi connectivity index (χ1n) is 16.7. The second-order valence-corrected chi connectivity index (χ2v) is 13.6. The number of aromatic nitrogens is 1. The van der Waals surface area contributed by atoms with E-state index in [1.807, 2.05) is 11.3 Å². The van der Waals surface area contributed by atoms with Crippen LogP contribution >= 0.6 is 11.3 Å². The Hall–Kier alpha value is -6.16. The minimum Gasteiger partial charge on any atom is -0.310 e. The van der Waals surface area contributed by atoms with Crippen molar-refractivity contribution in [2.24, 2.45) is 0 Å². The lowest BCUT2D eigenvalue weighted by Gasteiger charge is -2.28. The lowest BCUT2D eigenvalue weighted by molar-refractivity contribution is 1.18. The van der Waals surface area contributed by atoms with E-state index < -0.39 is 0 Å². The number of nitrogens with zero attached hydrogens (tertiary/aromatic N) is 2. The number of para-hydroxylation sites is 2. The fourth-order valence-electron chi connectivity index (χ4n) is 7.58. The number of hydrogen-bond acceptors (Lipinski definition) is 2. The highest BCUT2D eigenvalue weighted by atomic mass is 32.1. The summed E-state index contributed by atoms with van der Waals surface area (Å²) in [5.41, 5.74) is 9.31. The van der Waals surface area contributed by atoms with E-state index in [0.717, 1.165) is 22.7 Å². The molecular formula is C46H30N2S. The average Bonchev–Trinajstić information content (AvgIpc) is 3.71. The van der Waals surface area contributed by atoms with Gasteiger partial charge in [-0.25, -0.2) is 0 Å². The zero-order valence-electron chi connectivity index (χ0n) is 26.6. The molecule has 2 nitrogen and oxygen atoms in total. The van der Waals surface area contributed by atoms with Crippen LogP contribution in [0.1, 0.15) is 0 Å². The average molecular weight is 643 g/mol. The van der Waals surface area contributed by atoms with E-state index in [-0.39, 0.29) is 0 Å². The van der Waals surface area contributed by atoms with Gasteiger partial charge in [-0.3, -0.25) is 0 Å². The van der Waals surface area contributed by atoms with Crippen LogP contribution in [0.5, 0.6) is 0 Å². The topological polar surface area (TPSA) is 8.17 Å². The van der Waals surface area contributed by atoms with Gasteiger partial charge in [0, 0.05) is 53.6 Å². The number of anilines is 3. The van der Waals surface area contributed by atoms with Crippen molar-refractivity contribution in [1.82, 2.24) is 4.57 Å². The molecule has 0 amide bonds. The molecule has 0 spiro atoms. The van der Waals surface area contributed by atoms with Crippen molar-refractivity contribution in [2.75, 3.05) is 4.90 Å². The lowest BCUT2D eigenvalue weighted by atomic mass is 10.0. The Labute approximate surface area is 288 Å². The molecule has 0 fully saturated rings. The van der Waals surface area contributed by atoms with Crippen LogP contribution in [0.3, 0.4) is 0 Å². The third-order valence-corrected chi connectivity index (χ3v) is 10.9. The molecular weight excluding hydrogens is 613 g/mol. The highest BCUT2D eigenvalue weighted by molar-refractivity contribution is 7.25. The lowest BCUT2D eigenvalue weighted by Crippen LogP contribution is -2.11. The molecule has 10 aromatic rings. The quantitative estimate of drug-likeness (QED) is 0.181. The monoisotopic (exact) mass is 642 g/mol. The van der Waals surface area contributed by atoms with Crippen molar-refractivity contribution in [2.45, 2.75) is 0 Å². The molecule has 230 valence electrons. The molecule has 0 aliphatic heterocycles. The van der Waals surface area contributed by atoms with Gasteiger partial charge in [0.25, 0.3) is 0 Å². The molecule has 0 aliphatic carbocycles. The van der Waals surface area contributed by atoms with Crippen LogP contribution in [0.4, 0.5) is 17.1 Å². The maximum absolute atomic E-state index is 2.44. The van der Waals surface area contributed by atoms with Crippen molar-refractivity contribution >= 4 is 81.1 Å². The number of benzene rings is 8. The fraction of sp³-hybridized carbons (Fsp3) is 0. The number of rotatable bonds is 5. The number of hydrogen-bond donors (Lipinski definition) is 0. The first-order chi connectivity index (χ1) is 24.3. The summed E-state index contributed by atoms with van der Waals surface area (Å²) in [5.74, 6) is 0. The normalized spacial score (nSPS) is 11.7. The third-order valence-electron chi connectivity index (χ3n) is 9.76. The second kappa shape index (κ2) is 11.2. The Bertz CT molecular complexity index is 2830. The molecule has 0 saturated heterocycles. The van der Waals surface area contributed by atoms with Gasteiger partial charge in [0.2, 0.25) is 0 Å². The first-order valence-corrected chi connectivity index (χ1v) is 17.5. The van der Waals surface area contributed by atoms with Crippen molar-refractivity contribution in [3.8, 4) is 16.8 Å². The Kier molecular flexibility index (Phi) is 6.39. The van der Waals surface area contributed by atoms with Crippen LogP contribution in [-0.4, -0.2) is 4.57 Å². The van der Waals surface area contributed by atoms with Crippen LogP contribution in [0.15, 0.2) is 182 Å². The van der Waals surface area contributed by atoms with Gasteiger partial charge in [-0.15, -0.1) is 11.3 Å². The van der Waals surface area contributed by atoms with E-state index in [4.69, 9.17) is 0 Å². The highest BCUT2D eigenvalue weighted by Crippen LogP contribution is 2.46. The maximum atomic E-state index is 2.44. The zero-order chi connectivity index (χ0) is 32.3. The van der Waals surface area contributed by atoms with Gasteiger partial charge in [0.05, 0.1) is 16.7 Å². The number of thiophene rings is 1. The van der Waals surface area contributed by atoms with Gasteiger partial charge in [0.15, 0.2) is 0 Å². The van der Waals surface area contributed by atoms with E-state index in [2.05, 4.69) is 191 Å². The fourth-order valence-corrected chi connectivity index (χ4v) is 8.72. The Balaban J connectivity index is 1.28. The predicted octanol–water partition coefficient (Wildman–Crippen LogP) is 13.4. The minimum atomic E-state index is 1.11. The molecule has 3 heteroatoms. The summed E-state index contributed by atoms with van der Waals surface area (Å²) in [7, 11) is 0. The molecule has 0 aliphatic rings. The molecule has 0 unspecified atom stereocenters. The van der Waals surface area contributed by atoms with Crippen LogP contribution in [0.2, 0.25) is 0 Å². The third kappa shape index (κ3) is 4.47. The molecule has 0 atom stereocenters. The molecule has 8 aromatic carbocycles. The summed E-state index contributed by atoms with van der Waals surface area (Å²) in [4.78, 5) is 2.44. The first kappa shape index (κ1) is 27.9. The Morgan fingerprint density at radius 2 is 1.08 bits per heavy atom. The van der Waals surface area contributed by atoms with Gasteiger partial charge in [-0.1, -0.05) is 127 Å². The molecule has 49 heavy (non-hydrogen) atoms. The van der Waals surface area contributed by atoms with Gasteiger partial charge < -0.3 is 9.47 Å². The smallest absolute Gasteiger partial charge is 0.0562 e. The second-order valence-electron chi connectivity index (χ2n) is 12.6. The summed E-state index contributed by atoms with van der Waals surface area (Å²) in [6.07, 6.45) is 0. The maximum Gasteiger partial charge on any atom is 0.0562 e. The van der Waals surface area contributed by atoms with Crippen molar-refractivity contribution < 1.29 is 0 Å². The minimum absolute atomic E-state index is 1.11. The Morgan fingerprint density at radius 3 is 1.94 bits per heavy atom. The standard InChI is InChI=1S/C46H30N2S/c1-3-13-31(14-4-1)36-18-9-11-21-41(36)47(35-24-26-39-38-20-10-12-22-44(38)49-45(39)30-35)34-25-27-40-43(29-34)48(33-16-5-2-6-17-33)42-28-23-32-15-7-8-19-37(32)46(40)42/h1-30H. The van der Waals surface area contributed by atoms with Crippen LogP contribution in [0, 0.1) is 0 Å². The summed E-state index contributed by atoms with van der Waals surface area (Å²) < 4.78 is 5.02. The van der Waals surface area contributed by atoms with Crippen molar-refractivity contribution in [3.63, 3.8) is 0 Å². The molecule has 10 rings (SSSR count). The summed E-state index contributed by atoms with van der Waals surface area (Å²) in [6, 6.07) is 66.2. The SMILES string of the molecule is c1ccc(-c2ccccc2N(c2ccc3c(c2)sc2ccccc23)c2ccc3c4c5ccccc5ccc4n(-c4ccccc4)c3c2)cc1. The van der Waals surface area contributed by atoms with E-state index in [1.54, 1.807) is 0 Å². The summed E-state index contributed by atoms with van der Waals surface area (Å²) in [5, 5.41) is 7.66. The summed E-state index contributed by atoms with van der Waals surface area (Å²) in [6.45, 7) is 0. The van der Waals surface area contributed by atoms with Gasteiger partial charge >= 0.3 is 0 Å². The van der Waals surface area contributed by atoms with E-state index in [0.29, 0.717) is 0 Å². The highest BCUT2D eigenvalue weighted by Gasteiger charge is 2.21. The van der Waals surface area contributed by atoms with Gasteiger partial charge in [-0.05, 0) is 70.9 Å². The molecule has 0 radical (unpaired) electrons. The molecule has 0 bridgehead atoms. The van der Waals surface area contributed by atoms with E-state index in [9.17, 15) is 0 Å². The van der Waals surface area contributed by atoms with Gasteiger partial charge in [-0.2, -0.15) is 0 Å². The predicted molar refractivity (Wildman–Crippen MR) is 211 cm³/mol. The molecule has 0 N–H and O–H groups in total. The van der Waals surface area contributed by atoms with Gasteiger partial charge in [0.1, 0.15) is 0 Å². The van der Waals surface area contributed by atoms with Crippen LogP contribution < -0.4 is 4.90 Å². The largest absolute Gasteiger partial charge is 0.310 e. The van der Waals surface area contributed by atoms with E-state index in [1.165, 1.54) is 63.9 Å². The van der Waals surface area contributed by atoms with Crippen molar-refractivity contribution in [3.05, 3.63) is 182 Å². The Morgan fingerprint density at radius 1 is 0.429 bits per heavy atom. The zero-order valence-corrected chi connectivity index (χ0v) is 27.4. The molecule has 2 aromatic heterocycles.